The van der Waals surface area contributed by atoms with Crippen LogP contribution in [0.4, 0.5) is 17.6 Å². The van der Waals surface area contributed by atoms with Crippen molar-refractivity contribution in [2.24, 2.45) is 21.5 Å². The van der Waals surface area contributed by atoms with Crippen molar-refractivity contribution < 1.29 is 22.4 Å². The van der Waals surface area contributed by atoms with Gasteiger partial charge in [-0.05, 0) is 37.1 Å². The summed E-state index contributed by atoms with van der Waals surface area (Å²) >= 11 is 0. The molecule has 4 N–H and O–H groups in total. The molecule has 0 atom stereocenters. The summed E-state index contributed by atoms with van der Waals surface area (Å²) in [6, 6.07) is 4.62. The molecule has 1 aliphatic rings. The van der Waals surface area contributed by atoms with Crippen molar-refractivity contribution in [1.82, 2.24) is 9.97 Å². The van der Waals surface area contributed by atoms with E-state index in [0.29, 0.717) is 5.69 Å². The molecular formula is C19H16F4N6O. The van der Waals surface area contributed by atoms with E-state index in [1.165, 1.54) is 12.1 Å². The number of hydrogen-bond acceptors (Lipinski definition) is 4. The zero-order chi connectivity index (χ0) is 21.9. The first-order valence-electron chi connectivity index (χ1n) is 8.71. The highest BCUT2D eigenvalue weighted by atomic mass is 19.4. The molecule has 0 bridgehead atoms. The average Bonchev–Trinajstić information content (AvgIpc) is 3.53. The molecule has 2 aromatic rings. The quantitative estimate of drug-likeness (QED) is 0.245. The number of carbonyl (C=O) groups excluding carboxylic acids is 1. The Morgan fingerprint density at radius 1 is 1.17 bits per heavy atom. The Morgan fingerprint density at radius 2 is 1.90 bits per heavy atom. The highest BCUT2D eigenvalue weighted by Crippen LogP contribution is 2.40. The summed E-state index contributed by atoms with van der Waals surface area (Å²) in [4.78, 5) is 26.2. The van der Waals surface area contributed by atoms with E-state index in [0.717, 1.165) is 43.7 Å². The van der Waals surface area contributed by atoms with Crippen LogP contribution >= 0.6 is 0 Å². The maximum atomic E-state index is 13.1. The molecule has 1 saturated carbocycles. The van der Waals surface area contributed by atoms with E-state index in [2.05, 4.69) is 20.0 Å². The van der Waals surface area contributed by atoms with Crippen LogP contribution in [0.5, 0.6) is 0 Å². The zero-order valence-corrected chi connectivity index (χ0v) is 15.4. The first-order valence-corrected chi connectivity index (χ1v) is 8.71. The zero-order valence-electron chi connectivity index (χ0n) is 15.4. The third kappa shape index (κ3) is 5.25. The van der Waals surface area contributed by atoms with Gasteiger partial charge in [0.25, 0.3) is 5.91 Å². The summed E-state index contributed by atoms with van der Waals surface area (Å²) in [7, 11) is 0. The number of rotatable bonds is 6. The Bertz CT molecular complexity index is 1040. The standard InChI is InChI=1S/C19H16F4N6O/c20-16-4-3-11(7-27-16)13(18(25)30)8-26-9-28-17(24)12-5-14(10-1-2-10)29-15(6-12)19(21,22)23/h3-10H,1-2H2,(H2,25,30)(H2,24,26,28)/b13-8+. The van der Waals surface area contributed by atoms with Crippen molar-refractivity contribution in [3.63, 3.8) is 0 Å². The number of alkyl halides is 3. The number of pyridine rings is 2. The molecule has 156 valence electrons. The van der Waals surface area contributed by atoms with Gasteiger partial charge in [0.2, 0.25) is 5.95 Å². The van der Waals surface area contributed by atoms with Crippen molar-refractivity contribution in [3.8, 4) is 0 Å². The molecule has 30 heavy (non-hydrogen) atoms. The molecular weight excluding hydrogens is 404 g/mol. The van der Waals surface area contributed by atoms with E-state index in [1.807, 2.05) is 0 Å². The first kappa shape index (κ1) is 21.1. The van der Waals surface area contributed by atoms with Crippen LogP contribution in [0.2, 0.25) is 0 Å². The smallest absolute Gasteiger partial charge is 0.383 e. The normalized spacial score (nSPS) is 15.6. The Balaban J connectivity index is 1.85. The third-order valence-electron chi connectivity index (χ3n) is 4.20. The molecule has 3 rings (SSSR count). The van der Waals surface area contributed by atoms with Gasteiger partial charge in [0, 0.05) is 35.1 Å². The van der Waals surface area contributed by atoms with Gasteiger partial charge in [-0.25, -0.2) is 20.0 Å². The summed E-state index contributed by atoms with van der Waals surface area (Å²) in [6.07, 6.45) is 0.0535. The lowest BCUT2D eigenvalue weighted by Gasteiger charge is -2.10. The van der Waals surface area contributed by atoms with Crippen LogP contribution in [0, 0.1) is 5.95 Å². The molecule has 0 spiro atoms. The summed E-state index contributed by atoms with van der Waals surface area (Å²) in [5, 5.41) is 0. The van der Waals surface area contributed by atoms with Crippen LogP contribution in [0.25, 0.3) is 5.57 Å². The van der Waals surface area contributed by atoms with Crippen molar-refractivity contribution in [2.45, 2.75) is 24.9 Å². The lowest BCUT2D eigenvalue weighted by atomic mass is 10.1. The molecule has 11 heteroatoms. The van der Waals surface area contributed by atoms with E-state index < -0.39 is 23.7 Å². The molecule has 2 aromatic heterocycles. The van der Waals surface area contributed by atoms with Crippen molar-refractivity contribution in [3.05, 3.63) is 65.1 Å². The van der Waals surface area contributed by atoms with Crippen molar-refractivity contribution in [1.29, 1.82) is 0 Å². The molecule has 0 aromatic carbocycles. The third-order valence-corrected chi connectivity index (χ3v) is 4.20. The number of carbonyl (C=O) groups is 1. The maximum Gasteiger partial charge on any atom is 0.433 e. The number of hydrogen-bond donors (Lipinski definition) is 2. The Kier molecular flexibility index (Phi) is 5.90. The maximum absolute atomic E-state index is 13.1. The van der Waals surface area contributed by atoms with E-state index in [4.69, 9.17) is 11.5 Å². The van der Waals surface area contributed by atoms with Gasteiger partial charge < -0.3 is 11.5 Å². The highest BCUT2D eigenvalue weighted by molar-refractivity contribution is 6.18. The van der Waals surface area contributed by atoms with E-state index in [9.17, 15) is 22.4 Å². The van der Waals surface area contributed by atoms with E-state index in [1.54, 1.807) is 0 Å². The van der Waals surface area contributed by atoms with Gasteiger partial charge in [-0.1, -0.05) is 0 Å². The van der Waals surface area contributed by atoms with E-state index >= 15 is 0 Å². The first-order chi connectivity index (χ1) is 14.1. The van der Waals surface area contributed by atoms with Crippen molar-refractivity contribution >= 4 is 23.7 Å². The molecule has 2 heterocycles. The van der Waals surface area contributed by atoms with Gasteiger partial charge in [0.05, 0.1) is 5.57 Å². The fourth-order valence-electron chi connectivity index (χ4n) is 2.53. The van der Waals surface area contributed by atoms with Gasteiger partial charge in [0.1, 0.15) is 17.9 Å². The lowest BCUT2D eigenvalue weighted by Crippen LogP contribution is -2.17. The summed E-state index contributed by atoms with van der Waals surface area (Å²) < 4.78 is 52.2. The van der Waals surface area contributed by atoms with Crippen LogP contribution < -0.4 is 11.5 Å². The summed E-state index contributed by atoms with van der Waals surface area (Å²) in [5.41, 5.74) is 10.6. The number of nitrogens with two attached hydrogens (primary N) is 2. The molecule has 0 unspecified atom stereocenters. The number of amides is 1. The average molecular weight is 420 g/mol. The van der Waals surface area contributed by atoms with Crippen molar-refractivity contribution in [2.75, 3.05) is 0 Å². The molecule has 1 fully saturated rings. The fourth-order valence-corrected chi connectivity index (χ4v) is 2.53. The minimum Gasteiger partial charge on any atom is -0.383 e. The molecule has 0 aliphatic heterocycles. The molecule has 0 radical (unpaired) electrons. The van der Waals surface area contributed by atoms with Gasteiger partial charge in [-0.15, -0.1) is 0 Å². The minimum atomic E-state index is -4.61. The Labute approximate surface area is 168 Å². The monoisotopic (exact) mass is 420 g/mol. The van der Waals surface area contributed by atoms with Gasteiger partial charge >= 0.3 is 6.18 Å². The summed E-state index contributed by atoms with van der Waals surface area (Å²) in [6.45, 7) is 0. The number of primary amides is 1. The number of amidine groups is 1. The van der Waals surface area contributed by atoms with E-state index in [-0.39, 0.29) is 28.5 Å². The largest absolute Gasteiger partial charge is 0.433 e. The summed E-state index contributed by atoms with van der Waals surface area (Å²) in [5.74, 6) is -1.79. The van der Waals surface area contributed by atoms with Gasteiger partial charge in [0.15, 0.2) is 0 Å². The molecule has 0 saturated heterocycles. The van der Waals surface area contributed by atoms with Crippen LogP contribution in [-0.4, -0.2) is 28.0 Å². The molecule has 7 nitrogen and oxygen atoms in total. The van der Waals surface area contributed by atoms with Crippen LogP contribution in [0.3, 0.4) is 0 Å². The van der Waals surface area contributed by atoms with Gasteiger partial charge in [-0.2, -0.15) is 17.6 Å². The molecule has 1 aliphatic carbocycles. The number of aromatic nitrogens is 2. The second-order valence-corrected chi connectivity index (χ2v) is 6.49. The molecule has 1 amide bonds. The van der Waals surface area contributed by atoms with Gasteiger partial charge in [-0.3, -0.25) is 4.79 Å². The predicted octanol–water partition coefficient (Wildman–Crippen LogP) is 2.77. The highest BCUT2D eigenvalue weighted by Gasteiger charge is 2.35. The SMILES string of the molecule is NC(=O)/C(=C/N=CN=C(N)c1cc(C2CC2)nc(C(F)(F)F)c1)c1ccc(F)nc1. The fraction of sp³-hybridized carbons (Fsp3) is 0.211. The Morgan fingerprint density at radius 3 is 2.47 bits per heavy atom. The van der Waals surface area contributed by atoms with Crippen LogP contribution in [-0.2, 0) is 11.0 Å². The second kappa shape index (κ2) is 8.39. The Hall–Kier alpha value is -3.63. The topological polar surface area (TPSA) is 120 Å². The number of nitrogens with zero attached hydrogens (tertiary/aromatic N) is 4. The second-order valence-electron chi connectivity index (χ2n) is 6.49. The number of halogens is 4. The number of aliphatic imine (C=N–C) groups is 2. The van der Waals surface area contributed by atoms with Crippen LogP contribution in [0.1, 0.15) is 41.3 Å². The van der Waals surface area contributed by atoms with Crippen LogP contribution in [0.15, 0.2) is 46.6 Å². The predicted molar refractivity (Wildman–Crippen MR) is 102 cm³/mol. The minimum absolute atomic E-state index is 0.0158. The lowest BCUT2D eigenvalue weighted by molar-refractivity contribution is -0.141.